The number of piperidine rings is 1. The molecule has 0 bridgehead atoms. The Labute approximate surface area is 170 Å². The summed E-state index contributed by atoms with van der Waals surface area (Å²) in [7, 11) is 5.82. The number of guanidine groups is 1. The lowest BCUT2D eigenvalue weighted by molar-refractivity contribution is -0.121. The van der Waals surface area contributed by atoms with Crippen LogP contribution in [0.2, 0.25) is 0 Å². The normalized spacial score (nSPS) is 19.8. The van der Waals surface area contributed by atoms with Gasteiger partial charge in [0.25, 0.3) is 0 Å². The predicted octanol–water partition coefficient (Wildman–Crippen LogP) is 1.90. The van der Waals surface area contributed by atoms with Crippen LogP contribution < -0.4 is 10.6 Å². The van der Waals surface area contributed by atoms with Gasteiger partial charge in [-0.2, -0.15) is 0 Å². The van der Waals surface area contributed by atoms with Crippen LogP contribution >= 0.6 is 24.0 Å². The monoisotopic (exact) mass is 465 g/mol. The molecule has 1 heterocycles. The van der Waals surface area contributed by atoms with Gasteiger partial charge in [-0.25, -0.2) is 0 Å². The zero-order chi connectivity index (χ0) is 17.4. The second kappa shape index (κ2) is 11.9. The Bertz CT molecular complexity index is 418. The van der Waals surface area contributed by atoms with E-state index in [-0.39, 0.29) is 29.9 Å². The van der Waals surface area contributed by atoms with Crippen molar-refractivity contribution in [2.24, 2.45) is 10.9 Å². The molecule has 1 amide bonds. The van der Waals surface area contributed by atoms with Crippen molar-refractivity contribution in [3.8, 4) is 0 Å². The molecule has 25 heavy (non-hydrogen) atoms. The first kappa shape index (κ1) is 22.5. The van der Waals surface area contributed by atoms with E-state index in [9.17, 15) is 4.79 Å². The number of hydrogen-bond donors (Lipinski definition) is 2. The molecule has 0 aromatic heterocycles. The standard InChI is InChI=1S/C18H35N5O.HI/c1-19-17(24)14-15-8-11-23(12-9-15)18(20-2)21-10-13-22(3)16-6-4-5-7-16;/h15-16H,4-14H2,1-3H3,(H,19,24)(H,20,21);1H. The zero-order valence-corrected chi connectivity index (χ0v) is 18.4. The van der Waals surface area contributed by atoms with Crippen LogP contribution in [0, 0.1) is 5.92 Å². The summed E-state index contributed by atoms with van der Waals surface area (Å²) < 4.78 is 0. The maximum absolute atomic E-state index is 11.5. The van der Waals surface area contributed by atoms with Crippen molar-refractivity contribution in [3.63, 3.8) is 0 Å². The smallest absolute Gasteiger partial charge is 0.220 e. The number of amides is 1. The molecule has 1 aliphatic carbocycles. The molecular formula is C18H36IN5O. The second-order valence-electron chi connectivity index (χ2n) is 7.20. The fraction of sp³-hybridized carbons (Fsp3) is 0.889. The Kier molecular flexibility index (Phi) is 10.7. The summed E-state index contributed by atoms with van der Waals surface area (Å²) in [5.74, 6) is 1.67. The molecule has 7 heteroatoms. The Morgan fingerprint density at radius 3 is 2.40 bits per heavy atom. The Balaban J connectivity index is 0.00000312. The fourth-order valence-electron chi connectivity index (χ4n) is 3.92. The highest BCUT2D eigenvalue weighted by Gasteiger charge is 2.23. The van der Waals surface area contributed by atoms with Crippen LogP contribution in [0.5, 0.6) is 0 Å². The fourth-order valence-corrected chi connectivity index (χ4v) is 3.92. The van der Waals surface area contributed by atoms with Gasteiger partial charge in [0.2, 0.25) is 5.91 Å². The van der Waals surface area contributed by atoms with Gasteiger partial charge in [-0.1, -0.05) is 12.8 Å². The van der Waals surface area contributed by atoms with Gasteiger partial charge in [-0.15, -0.1) is 24.0 Å². The third kappa shape index (κ3) is 7.29. The molecule has 0 spiro atoms. The summed E-state index contributed by atoms with van der Waals surface area (Å²) in [6.07, 6.45) is 8.26. The van der Waals surface area contributed by atoms with Gasteiger partial charge < -0.3 is 20.4 Å². The second-order valence-corrected chi connectivity index (χ2v) is 7.20. The lowest BCUT2D eigenvalue weighted by Crippen LogP contribution is -2.48. The van der Waals surface area contributed by atoms with Gasteiger partial charge in [0.1, 0.15) is 0 Å². The molecule has 2 fully saturated rings. The highest BCUT2D eigenvalue weighted by molar-refractivity contribution is 14.0. The minimum absolute atomic E-state index is 0. The van der Waals surface area contributed by atoms with Crippen molar-refractivity contribution in [3.05, 3.63) is 0 Å². The summed E-state index contributed by atoms with van der Waals surface area (Å²) in [5.41, 5.74) is 0. The molecule has 0 radical (unpaired) electrons. The summed E-state index contributed by atoms with van der Waals surface area (Å²) in [6.45, 7) is 3.98. The van der Waals surface area contributed by atoms with Gasteiger partial charge in [-0.3, -0.25) is 9.79 Å². The van der Waals surface area contributed by atoms with Crippen LogP contribution in [-0.2, 0) is 4.79 Å². The number of carbonyl (C=O) groups is 1. The molecule has 0 aromatic carbocycles. The van der Waals surface area contributed by atoms with E-state index in [4.69, 9.17) is 0 Å². The highest BCUT2D eigenvalue weighted by Crippen LogP contribution is 2.22. The van der Waals surface area contributed by atoms with Crippen LogP contribution in [0.3, 0.4) is 0 Å². The quantitative estimate of drug-likeness (QED) is 0.358. The first-order valence-electron chi connectivity index (χ1n) is 9.50. The molecule has 1 saturated heterocycles. The molecule has 2 N–H and O–H groups in total. The minimum atomic E-state index is 0. The number of nitrogens with zero attached hydrogens (tertiary/aromatic N) is 3. The molecule has 1 saturated carbocycles. The van der Waals surface area contributed by atoms with Crippen molar-refractivity contribution in [1.82, 2.24) is 20.4 Å². The molecule has 2 rings (SSSR count). The first-order chi connectivity index (χ1) is 11.6. The number of nitrogens with one attached hydrogen (secondary N) is 2. The SMILES string of the molecule is CN=C(NCCN(C)C1CCCC1)N1CCC(CC(=O)NC)CC1.I. The van der Waals surface area contributed by atoms with Gasteiger partial charge in [0, 0.05) is 52.7 Å². The number of aliphatic imine (C=N–C) groups is 1. The number of rotatable bonds is 6. The molecule has 146 valence electrons. The molecule has 1 aliphatic heterocycles. The molecular weight excluding hydrogens is 429 g/mol. The third-order valence-electron chi connectivity index (χ3n) is 5.57. The zero-order valence-electron chi connectivity index (χ0n) is 16.1. The summed E-state index contributed by atoms with van der Waals surface area (Å²) >= 11 is 0. The van der Waals surface area contributed by atoms with Crippen LogP contribution in [0.15, 0.2) is 4.99 Å². The van der Waals surface area contributed by atoms with E-state index in [2.05, 4.69) is 32.5 Å². The Hall–Kier alpha value is -0.570. The van der Waals surface area contributed by atoms with Crippen molar-refractivity contribution in [1.29, 1.82) is 0 Å². The van der Waals surface area contributed by atoms with E-state index in [0.29, 0.717) is 12.3 Å². The van der Waals surface area contributed by atoms with Gasteiger partial charge >= 0.3 is 0 Å². The van der Waals surface area contributed by atoms with Crippen molar-refractivity contribution in [2.75, 3.05) is 47.3 Å². The average molecular weight is 465 g/mol. The van der Waals surface area contributed by atoms with Crippen LogP contribution in [-0.4, -0.2) is 75.0 Å². The average Bonchev–Trinajstić information content (AvgIpc) is 3.14. The lowest BCUT2D eigenvalue weighted by atomic mass is 9.93. The van der Waals surface area contributed by atoms with Gasteiger partial charge in [0.15, 0.2) is 5.96 Å². The van der Waals surface area contributed by atoms with Crippen LogP contribution in [0.4, 0.5) is 0 Å². The van der Waals surface area contributed by atoms with E-state index >= 15 is 0 Å². The maximum Gasteiger partial charge on any atom is 0.220 e. The predicted molar refractivity (Wildman–Crippen MR) is 115 cm³/mol. The summed E-state index contributed by atoms with van der Waals surface area (Å²) in [5, 5.41) is 6.24. The topological polar surface area (TPSA) is 60.0 Å². The maximum atomic E-state index is 11.5. The summed E-state index contributed by atoms with van der Waals surface area (Å²) in [4.78, 5) is 20.8. The van der Waals surface area contributed by atoms with Crippen molar-refractivity contribution in [2.45, 2.75) is 51.0 Å². The van der Waals surface area contributed by atoms with Crippen molar-refractivity contribution < 1.29 is 4.79 Å². The molecule has 0 unspecified atom stereocenters. The van der Waals surface area contributed by atoms with E-state index in [1.165, 1.54) is 25.7 Å². The third-order valence-corrected chi connectivity index (χ3v) is 5.57. The molecule has 2 aliphatic rings. The van der Waals surface area contributed by atoms with E-state index in [1.807, 2.05) is 7.05 Å². The molecule has 0 aromatic rings. The van der Waals surface area contributed by atoms with E-state index < -0.39 is 0 Å². The number of halogens is 1. The van der Waals surface area contributed by atoms with E-state index in [1.54, 1.807) is 7.05 Å². The van der Waals surface area contributed by atoms with Crippen molar-refractivity contribution >= 4 is 35.8 Å². The van der Waals surface area contributed by atoms with E-state index in [0.717, 1.165) is 51.0 Å². The Morgan fingerprint density at radius 2 is 1.84 bits per heavy atom. The number of carbonyl (C=O) groups excluding carboxylic acids is 1. The van der Waals surface area contributed by atoms with Gasteiger partial charge in [-0.05, 0) is 38.6 Å². The number of hydrogen-bond acceptors (Lipinski definition) is 3. The largest absolute Gasteiger partial charge is 0.359 e. The summed E-state index contributed by atoms with van der Waals surface area (Å²) in [6, 6.07) is 0.772. The number of likely N-dealkylation sites (tertiary alicyclic amines) is 1. The minimum Gasteiger partial charge on any atom is -0.359 e. The van der Waals surface area contributed by atoms with Crippen LogP contribution in [0.25, 0.3) is 0 Å². The first-order valence-corrected chi connectivity index (χ1v) is 9.50. The van der Waals surface area contributed by atoms with Gasteiger partial charge in [0.05, 0.1) is 0 Å². The van der Waals surface area contributed by atoms with Crippen LogP contribution in [0.1, 0.15) is 44.9 Å². The molecule has 6 nitrogen and oxygen atoms in total. The highest BCUT2D eigenvalue weighted by atomic mass is 127. The Morgan fingerprint density at radius 1 is 1.20 bits per heavy atom. The number of likely N-dealkylation sites (N-methyl/N-ethyl adjacent to an activating group) is 1. The lowest BCUT2D eigenvalue weighted by Gasteiger charge is -2.34. The molecule has 0 atom stereocenters.